The van der Waals surface area contributed by atoms with Gasteiger partial charge in [0.05, 0.1) is 11.4 Å². The van der Waals surface area contributed by atoms with Gasteiger partial charge in [-0.05, 0) is 25.8 Å². The Morgan fingerprint density at radius 3 is 2.81 bits per heavy atom. The molecular formula is C13H20N4O3S. The Labute approximate surface area is 124 Å². The van der Waals surface area contributed by atoms with Crippen LogP contribution in [-0.2, 0) is 21.9 Å². The molecule has 1 aliphatic rings. The van der Waals surface area contributed by atoms with Crippen LogP contribution in [0.2, 0.25) is 0 Å². The fourth-order valence-electron chi connectivity index (χ4n) is 2.35. The summed E-state index contributed by atoms with van der Waals surface area (Å²) in [7, 11) is -1.76. The second-order valence-corrected chi connectivity index (χ2v) is 7.12. The highest BCUT2D eigenvalue weighted by Crippen LogP contribution is 2.16. The quantitative estimate of drug-likeness (QED) is 0.796. The predicted octanol–water partition coefficient (Wildman–Crippen LogP) is 0.0212. The molecule has 7 nitrogen and oxygen atoms in total. The van der Waals surface area contributed by atoms with Crippen LogP contribution in [0.25, 0.3) is 6.08 Å². The molecule has 0 aromatic carbocycles. The first kappa shape index (κ1) is 15.7. The third kappa shape index (κ3) is 3.70. The lowest BCUT2D eigenvalue weighted by Gasteiger charge is -2.30. The van der Waals surface area contributed by atoms with Gasteiger partial charge >= 0.3 is 0 Å². The van der Waals surface area contributed by atoms with E-state index in [2.05, 4.69) is 5.10 Å². The fourth-order valence-corrected chi connectivity index (χ4v) is 3.24. The number of aryl methyl sites for hydroxylation is 1. The molecule has 0 aliphatic carbocycles. The number of sulfonamides is 1. The average molecular weight is 312 g/mol. The predicted molar refractivity (Wildman–Crippen MR) is 79.7 cm³/mol. The zero-order valence-electron chi connectivity index (χ0n) is 12.2. The third-order valence-electron chi connectivity index (χ3n) is 3.83. The topological polar surface area (TPSA) is 98.3 Å². The van der Waals surface area contributed by atoms with Gasteiger partial charge in [0.15, 0.2) is 0 Å². The van der Waals surface area contributed by atoms with Crippen LogP contribution in [-0.4, -0.2) is 47.3 Å². The van der Waals surface area contributed by atoms with Crippen molar-refractivity contribution in [3.8, 4) is 0 Å². The zero-order valence-corrected chi connectivity index (χ0v) is 13.0. The number of hydrogen-bond acceptors (Lipinski definition) is 4. The molecule has 1 aliphatic heterocycles. The lowest BCUT2D eigenvalue weighted by molar-refractivity contribution is -0.126. The van der Waals surface area contributed by atoms with E-state index in [1.54, 1.807) is 17.0 Å². The second kappa shape index (κ2) is 5.98. The van der Waals surface area contributed by atoms with Crippen LogP contribution in [0.5, 0.6) is 0 Å². The number of nitrogens with two attached hydrogens (primary N) is 1. The van der Waals surface area contributed by atoms with Crippen molar-refractivity contribution in [2.75, 3.05) is 13.1 Å². The molecule has 1 atom stereocenters. The summed E-state index contributed by atoms with van der Waals surface area (Å²) < 4.78 is 24.5. The first-order valence-electron chi connectivity index (χ1n) is 6.76. The average Bonchev–Trinajstić information content (AvgIpc) is 2.75. The van der Waals surface area contributed by atoms with Gasteiger partial charge in [0, 0.05) is 37.5 Å². The van der Waals surface area contributed by atoms with Gasteiger partial charge in [-0.15, -0.1) is 0 Å². The molecule has 1 aromatic heterocycles. The highest BCUT2D eigenvalue weighted by atomic mass is 32.2. The number of hydrogen-bond donors (Lipinski definition) is 1. The normalized spacial score (nSPS) is 20.1. The van der Waals surface area contributed by atoms with Crippen molar-refractivity contribution in [1.29, 1.82) is 0 Å². The SMILES string of the molecule is Cc1c(/C=C/C(=O)N2CCCC(S(N)(=O)=O)C2)cnn1C. The molecule has 0 saturated carbocycles. The lowest BCUT2D eigenvalue weighted by atomic mass is 10.1. The monoisotopic (exact) mass is 312 g/mol. The van der Waals surface area contributed by atoms with Crippen LogP contribution in [0.3, 0.4) is 0 Å². The molecule has 116 valence electrons. The maximum atomic E-state index is 12.1. The maximum Gasteiger partial charge on any atom is 0.246 e. The Hall–Kier alpha value is -1.67. The third-order valence-corrected chi connectivity index (χ3v) is 5.15. The van der Waals surface area contributed by atoms with Crippen LogP contribution in [0.1, 0.15) is 24.1 Å². The minimum atomic E-state index is -3.59. The van der Waals surface area contributed by atoms with E-state index in [0.717, 1.165) is 11.3 Å². The van der Waals surface area contributed by atoms with Gasteiger partial charge in [-0.3, -0.25) is 9.48 Å². The number of carbonyl (C=O) groups excluding carboxylic acids is 1. The number of carbonyl (C=O) groups is 1. The van der Waals surface area contributed by atoms with Crippen LogP contribution in [0, 0.1) is 6.92 Å². The van der Waals surface area contributed by atoms with Gasteiger partial charge < -0.3 is 4.90 Å². The van der Waals surface area contributed by atoms with E-state index in [0.29, 0.717) is 19.4 Å². The summed E-state index contributed by atoms with van der Waals surface area (Å²) in [5, 5.41) is 8.60. The first-order chi connectivity index (χ1) is 9.79. The lowest BCUT2D eigenvalue weighted by Crippen LogP contribution is -2.46. The minimum Gasteiger partial charge on any atom is -0.338 e. The molecule has 21 heavy (non-hydrogen) atoms. The summed E-state index contributed by atoms with van der Waals surface area (Å²) >= 11 is 0. The van der Waals surface area contributed by atoms with Crippen LogP contribution < -0.4 is 5.14 Å². The molecule has 1 amide bonds. The van der Waals surface area contributed by atoms with Crippen LogP contribution in [0.4, 0.5) is 0 Å². The summed E-state index contributed by atoms with van der Waals surface area (Å²) in [5.74, 6) is -0.202. The number of likely N-dealkylation sites (tertiary alicyclic amines) is 1. The first-order valence-corrected chi connectivity index (χ1v) is 8.37. The summed E-state index contributed by atoms with van der Waals surface area (Å²) in [4.78, 5) is 13.7. The van der Waals surface area contributed by atoms with Crippen molar-refractivity contribution in [3.63, 3.8) is 0 Å². The van der Waals surface area contributed by atoms with Crippen molar-refractivity contribution in [3.05, 3.63) is 23.5 Å². The molecular weight excluding hydrogens is 292 g/mol. The standard InChI is InChI=1S/C13H20N4O3S/c1-10-11(8-15-16(10)2)5-6-13(18)17-7-3-4-12(9-17)21(14,19)20/h5-6,8,12H,3-4,7,9H2,1-2H3,(H2,14,19,20)/b6-5+. The van der Waals surface area contributed by atoms with E-state index in [4.69, 9.17) is 5.14 Å². The molecule has 2 N–H and O–H groups in total. The molecule has 1 fully saturated rings. The number of primary sulfonamides is 1. The highest BCUT2D eigenvalue weighted by molar-refractivity contribution is 7.89. The molecule has 2 rings (SSSR count). The number of piperidine rings is 1. The van der Waals surface area contributed by atoms with E-state index < -0.39 is 15.3 Å². The smallest absolute Gasteiger partial charge is 0.246 e. The largest absolute Gasteiger partial charge is 0.338 e. The summed E-state index contributed by atoms with van der Waals surface area (Å²) in [6.07, 6.45) is 5.99. The molecule has 2 heterocycles. The van der Waals surface area contributed by atoms with Crippen LogP contribution >= 0.6 is 0 Å². The van der Waals surface area contributed by atoms with Gasteiger partial charge in [0.25, 0.3) is 0 Å². The van der Waals surface area contributed by atoms with Crippen molar-refractivity contribution in [2.45, 2.75) is 25.0 Å². The molecule has 0 radical (unpaired) electrons. The maximum absolute atomic E-state index is 12.1. The number of aromatic nitrogens is 2. The summed E-state index contributed by atoms with van der Waals surface area (Å²) in [6, 6.07) is 0. The molecule has 0 bridgehead atoms. The molecule has 0 spiro atoms. The molecule has 1 saturated heterocycles. The van der Waals surface area contributed by atoms with Crippen molar-refractivity contribution < 1.29 is 13.2 Å². The fraction of sp³-hybridized carbons (Fsp3) is 0.538. The zero-order chi connectivity index (χ0) is 15.6. The van der Waals surface area contributed by atoms with Crippen molar-refractivity contribution in [2.24, 2.45) is 12.2 Å². The summed E-state index contributed by atoms with van der Waals surface area (Å²) in [6.45, 7) is 2.63. The van der Waals surface area contributed by atoms with Crippen molar-refractivity contribution >= 4 is 22.0 Å². The van der Waals surface area contributed by atoms with Gasteiger partial charge in [-0.2, -0.15) is 5.10 Å². The molecule has 1 unspecified atom stereocenters. The van der Waals surface area contributed by atoms with E-state index in [-0.39, 0.29) is 12.5 Å². The van der Waals surface area contributed by atoms with Gasteiger partial charge in [-0.25, -0.2) is 13.6 Å². The Balaban J connectivity index is 2.05. The van der Waals surface area contributed by atoms with Crippen LogP contribution in [0.15, 0.2) is 12.3 Å². The number of amides is 1. The number of rotatable bonds is 3. The van der Waals surface area contributed by atoms with E-state index in [1.807, 2.05) is 14.0 Å². The van der Waals surface area contributed by atoms with Gasteiger partial charge in [-0.1, -0.05) is 0 Å². The Morgan fingerprint density at radius 2 is 2.24 bits per heavy atom. The minimum absolute atomic E-state index is 0.161. The Kier molecular flexibility index (Phi) is 4.48. The van der Waals surface area contributed by atoms with Gasteiger partial charge in [0.1, 0.15) is 0 Å². The summed E-state index contributed by atoms with van der Waals surface area (Å²) in [5.41, 5.74) is 1.82. The van der Waals surface area contributed by atoms with Gasteiger partial charge in [0.2, 0.25) is 15.9 Å². The molecule has 1 aromatic rings. The molecule has 8 heteroatoms. The Bertz CT molecular complexity index is 663. The van der Waals surface area contributed by atoms with E-state index in [1.165, 1.54) is 11.0 Å². The van der Waals surface area contributed by atoms with E-state index >= 15 is 0 Å². The number of nitrogens with zero attached hydrogens (tertiary/aromatic N) is 3. The Morgan fingerprint density at radius 1 is 1.52 bits per heavy atom. The second-order valence-electron chi connectivity index (χ2n) is 5.28. The van der Waals surface area contributed by atoms with E-state index in [9.17, 15) is 13.2 Å². The van der Waals surface area contributed by atoms with Crippen molar-refractivity contribution in [1.82, 2.24) is 14.7 Å². The highest BCUT2D eigenvalue weighted by Gasteiger charge is 2.29.